The van der Waals surface area contributed by atoms with Gasteiger partial charge in [0.05, 0.1) is 18.2 Å². The van der Waals surface area contributed by atoms with Gasteiger partial charge in [-0.3, -0.25) is 9.59 Å². The number of sulfone groups is 1. The van der Waals surface area contributed by atoms with E-state index in [-0.39, 0.29) is 24.0 Å². The maximum absolute atomic E-state index is 11.9. The second kappa shape index (κ2) is 7.74. The predicted octanol–water partition coefficient (Wildman–Crippen LogP) is 0.144. The van der Waals surface area contributed by atoms with Gasteiger partial charge in [-0.15, -0.1) is 0 Å². The molecule has 124 valence electrons. The van der Waals surface area contributed by atoms with E-state index in [9.17, 15) is 18.0 Å². The molecule has 0 aromatic rings. The third kappa shape index (κ3) is 11.2. The maximum atomic E-state index is 11.9. The van der Waals surface area contributed by atoms with Crippen molar-refractivity contribution in [3.63, 3.8) is 0 Å². The van der Waals surface area contributed by atoms with Crippen LogP contribution in [0.25, 0.3) is 0 Å². The van der Waals surface area contributed by atoms with Gasteiger partial charge in [0.15, 0.2) is 0 Å². The summed E-state index contributed by atoms with van der Waals surface area (Å²) in [6.07, 6.45) is 1.38. The number of nitrogens with two attached hydrogens (primary N) is 1. The van der Waals surface area contributed by atoms with E-state index in [2.05, 4.69) is 5.32 Å². The first kappa shape index (κ1) is 19.9. The minimum atomic E-state index is -3.18. The minimum absolute atomic E-state index is 0.0139. The van der Waals surface area contributed by atoms with Gasteiger partial charge in [0.25, 0.3) is 0 Å². The van der Waals surface area contributed by atoms with Gasteiger partial charge in [0.1, 0.15) is 9.84 Å². The van der Waals surface area contributed by atoms with Gasteiger partial charge >= 0.3 is 5.97 Å². The normalized spacial score (nSPS) is 15.3. The number of carbonyl (C=O) groups excluding carboxylic acids is 1. The predicted molar refractivity (Wildman–Crippen MR) is 80.6 cm³/mol. The third-order valence-corrected chi connectivity index (χ3v) is 3.74. The molecule has 0 saturated heterocycles. The molecule has 0 bridgehead atoms. The molecule has 0 aliphatic rings. The molecule has 21 heavy (non-hydrogen) atoms. The van der Waals surface area contributed by atoms with E-state index in [1.54, 1.807) is 0 Å². The van der Waals surface area contributed by atoms with Crippen LogP contribution < -0.4 is 11.1 Å². The van der Waals surface area contributed by atoms with Crippen molar-refractivity contribution in [1.82, 2.24) is 5.32 Å². The molecule has 0 rings (SSSR count). The highest BCUT2D eigenvalue weighted by molar-refractivity contribution is 7.90. The zero-order chi connectivity index (χ0) is 16.8. The van der Waals surface area contributed by atoms with E-state index in [0.717, 1.165) is 6.26 Å². The number of hydrogen-bond donors (Lipinski definition) is 3. The van der Waals surface area contributed by atoms with E-state index in [0.29, 0.717) is 6.42 Å². The van der Waals surface area contributed by atoms with Crippen LogP contribution in [0.2, 0.25) is 0 Å². The van der Waals surface area contributed by atoms with Crippen molar-refractivity contribution in [2.45, 2.75) is 52.1 Å². The second-order valence-electron chi connectivity index (χ2n) is 6.59. The summed E-state index contributed by atoms with van der Waals surface area (Å²) in [5.74, 6) is -1.70. The van der Waals surface area contributed by atoms with Crippen molar-refractivity contribution in [3.05, 3.63) is 0 Å². The highest BCUT2D eigenvalue weighted by Crippen LogP contribution is 2.22. The summed E-state index contributed by atoms with van der Waals surface area (Å²) in [5, 5.41) is 11.5. The molecule has 2 atom stereocenters. The van der Waals surface area contributed by atoms with Gasteiger partial charge in [0, 0.05) is 12.3 Å². The number of hydrogen-bond acceptors (Lipinski definition) is 5. The number of aliphatic carboxylic acids is 1. The smallest absolute Gasteiger partial charge is 0.305 e. The zero-order valence-corrected chi connectivity index (χ0v) is 13.9. The number of carboxylic acids is 1. The molecule has 0 aliphatic carbocycles. The molecule has 0 saturated carbocycles. The van der Waals surface area contributed by atoms with Crippen LogP contribution in [0.3, 0.4) is 0 Å². The molecule has 0 spiro atoms. The van der Waals surface area contributed by atoms with Gasteiger partial charge in [-0.1, -0.05) is 20.8 Å². The summed E-state index contributed by atoms with van der Waals surface area (Å²) in [7, 11) is -3.18. The minimum Gasteiger partial charge on any atom is -0.481 e. The molecule has 8 heteroatoms. The van der Waals surface area contributed by atoms with Crippen molar-refractivity contribution in [2.75, 3.05) is 12.0 Å². The van der Waals surface area contributed by atoms with Crippen LogP contribution in [0.4, 0.5) is 0 Å². The standard InChI is InChI=1S/C13H26N2O5S/c1-13(2,3)8-9(7-11(16)17)15-12(18)10(14)5-6-21(4,19)20/h9-10H,5-8,14H2,1-4H3,(H,15,18)(H,16,17). The van der Waals surface area contributed by atoms with Crippen LogP contribution in [-0.2, 0) is 19.4 Å². The largest absolute Gasteiger partial charge is 0.481 e. The summed E-state index contributed by atoms with van der Waals surface area (Å²) < 4.78 is 22.1. The molecular formula is C13H26N2O5S. The molecular weight excluding hydrogens is 296 g/mol. The SMILES string of the molecule is CC(C)(C)CC(CC(=O)O)NC(=O)C(N)CCS(C)(=O)=O. The maximum Gasteiger partial charge on any atom is 0.305 e. The van der Waals surface area contributed by atoms with Crippen molar-refractivity contribution >= 4 is 21.7 Å². The van der Waals surface area contributed by atoms with Crippen LogP contribution in [0.5, 0.6) is 0 Å². The third-order valence-electron chi connectivity index (χ3n) is 2.76. The fraction of sp³-hybridized carbons (Fsp3) is 0.846. The molecule has 0 radical (unpaired) electrons. The van der Waals surface area contributed by atoms with Crippen LogP contribution in [0.15, 0.2) is 0 Å². The Morgan fingerprint density at radius 3 is 2.19 bits per heavy atom. The Bertz CT molecular complexity index is 467. The van der Waals surface area contributed by atoms with Crippen molar-refractivity contribution in [2.24, 2.45) is 11.1 Å². The Kier molecular flexibility index (Phi) is 7.32. The number of amides is 1. The van der Waals surface area contributed by atoms with Gasteiger partial charge in [-0.05, 0) is 18.3 Å². The van der Waals surface area contributed by atoms with Gasteiger partial charge in [-0.2, -0.15) is 0 Å². The lowest BCUT2D eigenvalue weighted by atomic mass is 9.87. The zero-order valence-electron chi connectivity index (χ0n) is 13.0. The summed E-state index contributed by atoms with van der Waals surface area (Å²) in [6, 6.07) is -1.49. The lowest BCUT2D eigenvalue weighted by Gasteiger charge is -2.26. The number of carbonyl (C=O) groups is 2. The summed E-state index contributed by atoms with van der Waals surface area (Å²) in [4.78, 5) is 22.8. The summed E-state index contributed by atoms with van der Waals surface area (Å²) in [5.41, 5.74) is 5.49. The van der Waals surface area contributed by atoms with Crippen molar-refractivity contribution in [3.8, 4) is 0 Å². The average molecular weight is 322 g/mol. The van der Waals surface area contributed by atoms with E-state index in [4.69, 9.17) is 10.8 Å². The van der Waals surface area contributed by atoms with Crippen LogP contribution in [0.1, 0.15) is 40.0 Å². The number of nitrogens with one attached hydrogen (secondary N) is 1. The van der Waals surface area contributed by atoms with E-state index < -0.39 is 33.8 Å². The molecule has 4 N–H and O–H groups in total. The van der Waals surface area contributed by atoms with E-state index >= 15 is 0 Å². The number of rotatable bonds is 8. The Labute approximate surface area is 126 Å². The van der Waals surface area contributed by atoms with Crippen molar-refractivity contribution < 1.29 is 23.1 Å². The molecule has 0 aromatic carbocycles. The Hall–Kier alpha value is -1.15. The van der Waals surface area contributed by atoms with Gasteiger partial charge < -0.3 is 16.2 Å². The fourth-order valence-electron chi connectivity index (χ4n) is 1.90. The fourth-order valence-corrected chi connectivity index (χ4v) is 2.59. The van der Waals surface area contributed by atoms with Gasteiger partial charge in [-0.25, -0.2) is 8.42 Å². The average Bonchev–Trinajstić information content (AvgIpc) is 2.21. The lowest BCUT2D eigenvalue weighted by molar-refractivity contribution is -0.138. The topological polar surface area (TPSA) is 127 Å². The molecule has 7 nitrogen and oxygen atoms in total. The first-order valence-corrected chi connectivity index (χ1v) is 8.82. The molecule has 0 fully saturated rings. The molecule has 1 amide bonds. The van der Waals surface area contributed by atoms with Crippen LogP contribution >= 0.6 is 0 Å². The molecule has 0 aliphatic heterocycles. The van der Waals surface area contributed by atoms with Gasteiger partial charge in [0.2, 0.25) is 5.91 Å². The molecule has 0 aromatic heterocycles. The second-order valence-corrected chi connectivity index (χ2v) is 8.85. The Morgan fingerprint density at radius 2 is 1.81 bits per heavy atom. The number of carboxylic acid groups (broad SMARTS) is 1. The highest BCUT2D eigenvalue weighted by Gasteiger charge is 2.25. The van der Waals surface area contributed by atoms with E-state index in [1.807, 2.05) is 20.8 Å². The van der Waals surface area contributed by atoms with Crippen molar-refractivity contribution in [1.29, 1.82) is 0 Å². The monoisotopic (exact) mass is 322 g/mol. The van der Waals surface area contributed by atoms with Crippen LogP contribution in [-0.4, -0.2) is 49.5 Å². The quantitative estimate of drug-likeness (QED) is 0.583. The Balaban J connectivity index is 4.61. The summed E-state index contributed by atoms with van der Waals surface area (Å²) >= 11 is 0. The lowest BCUT2D eigenvalue weighted by Crippen LogP contribution is -2.47. The first-order valence-electron chi connectivity index (χ1n) is 6.75. The Morgan fingerprint density at radius 1 is 1.29 bits per heavy atom. The summed E-state index contributed by atoms with van der Waals surface area (Å²) in [6.45, 7) is 5.83. The van der Waals surface area contributed by atoms with Crippen LogP contribution in [0, 0.1) is 5.41 Å². The first-order chi connectivity index (χ1) is 9.30. The molecule has 0 heterocycles. The highest BCUT2D eigenvalue weighted by atomic mass is 32.2. The molecule has 2 unspecified atom stereocenters. The van der Waals surface area contributed by atoms with E-state index in [1.165, 1.54) is 0 Å².